The van der Waals surface area contributed by atoms with Gasteiger partial charge in [0.05, 0.1) is 6.04 Å². The van der Waals surface area contributed by atoms with Gasteiger partial charge in [-0.05, 0) is 17.5 Å². The Kier molecular flexibility index (Phi) is 5.30. The Balaban J connectivity index is 1.74. The molecule has 0 unspecified atom stereocenters. The number of carbonyl (C=O) groups is 4. The number of nitrogens with zero attached hydrogens (tertiary/aromatic N) is 2. The van der Waals surface area contributed by atoms with E-state index in [0.717, 1.165) is 11.1 Å². The molecule has 1 aliphatic rings. The molecule has 1 fully saturated rings. The van der Waals surface area contributed by atoms with Crippen molar-refractivity contribution in [2.75, 3.05) is 13.6 Å². The molecule has 7 heteroatoms. The molecule has 5 amide bonds. The molecule has 0 radical (unpaired) electrons. The third-order valence-corrected chi connectivity index (χ3v) is 4.37. The first-order valence-corrected chi connectivity index (χ1v) is 8.49. The number of benzene rings is 2. The highest BCUT2D eigenvalue weighted by Gasteiger charge is 2.43. The highest BCUT2D eigenvalue weighted by atomic mass is 16.2. The number of hydrogen-bond acceptors (Lipinski definition) is 4. The number of carbonyl (C=O) groups excluding carboxylic acids is 4. The van der Waals surface area contributed by atoms with Crippen molar-refractivity contribution >= 4 is 23.8 Å². The number of urea groups is 1. The number of hydrogen-bond donors (Lipinski definition) is 1. The Morgan fingerprint density at radius 2 is 1.52 bits per heavy atom. The highest BCUT2D eigenvalue weighted by molar-refractivity contribution is 6.44. The van der Waals surface area contributed by atoms with Gasteiger partial charge in [0.1, 0.15) is 6.54 Å². The first-order valence-electron chi connectivity index (χ1n) is 8.49. The van der Waals surface area contributed by atoms with Crippen molar-refractivity contribution in [2.24, 2.45) is 0 Å². The van der Waals surface area contributed by atoms with Gasteiger partial charge < -0.3 is 5.32 Å². The minimum Gasteiger partial charge on any atom is -0.347 e. The molecule has 138 valence electrons. The summed E-state index contributed by atoms with van der Waals surface area (Å²) in [6, 6.07) is 18.0. The fourth-order valence-corrected chi connectivity index (χ4v) is 2.92. The maximum absolute atomic E-state index is 12.5. The second kappa shape index (κ2) is 7.82. The van der Waals surface area contributed by atoms with Crippen LogP contribution in [0.4, 0.5) is 4.79 Å². The molecule has 0 bridgehead atoms. The lowest BCUT2D eigenvalue weighted by Crippen LogP contribution is -2.42. The zero-order valence-corrected chi connectivity index (χ0v) is 14.8. The summed E-state index contributed by atoms with van der Waals surface area (Å²) in [4.78, 5) is 49.2. The van der Waals surface area contributed by atoms with E-state index in [1.807, 2.05) is 60.7 Å². The fraction of sp³-hybridized carbons (Fsp3) is 0.200. The zero-order valence-electron chi connectivity index (χ0n) is 14.8. The van der Waals surface area contributed by atoms with Crippen LogP contribution in [0.1, 0.15) is 17.2 Å². The summed E-state index contributed by atoms with van der Waals surface area (Å²) in [6.45, 7) is -0.494. The van der Waals surface area contributed by atoms with Gasteiger partial charge in [-0.2, -0.15) is 0 Å². The number of imide groups is 2. The molecule has 27 heavy (non-hydrogen) atoms. The summed E-state index contributed by atoms with van der Waals surface area (Å²) in [7, 11) is 1.21. The van der Waals surface area contributed by atoms with Gasteiger partial charge in [-0.25, -0.2) is 9.69 Å². The molecule has 1 atom stereocenters. The molecular weight excluding hydrogens is 346 g/mol. The molecule has 0 saturated carbocycles. The van der Waals surface area contributed by atoms with E-state index in [9.17, 15) is 19.2 Å². The first-order chi connectivity index (χ1) is 13.0. The molecular formula is C20H19N3O4. The van der Waals surface area contributed by atoms with Gasteiger partial charge in [0.15, 0.2) is 0 Å². The molecule has 3 rings (SSSR count). The lowest BCUT2D eigenvalue weighted by Gasteiger charge is -2.21. The number of rotatable bonds is 6. The minimum absolute atomic E-state index is 0.331. The van der Waals surface area contributed by atoms with E-state index >= 15 is 0 Å². The molecule has 1 heterocycles. The SMILES string of the molecule is CN1C(=O)C(=O)N(CC(=O)N[C@@H](Cc2ccccc2)c2ccccc2)C1=O. The summed E-state index contributed by atoms with van der Waals surface area (Å²) in [6.07, 6.45) is 0.553. The van der Waals surface area contributed by atoms with E-state index in [4.69, 9.17) is 0 Å². The van der Waals surface area contributed by atoms with Crippen molar-refractivity contribution in [3.63, 3.8) is 0 Å². The normalized spacial score (nSPS) is 15.2. The van der Waals surface area contributed by atoms with Crippen molar-refractivity contribution in [3.8, 4) is 0 Å². The lowest BCUT2D eigenvalue weighted by atomic mass is 9.99. The van der Waals surface area contributed by atoms with E-state index in [2.05, 4.69) is 5.32 Å². The van der Waals surface area contributed by atoms with Gasteiger partial charge in [-0.1, -0.05) is 60.7 Å². The van der Waals surface area contributed by atoms with Gasteiger partial charge in [-0.3, -0.25) is 19.3 Å². The fourth-order valence-electron chi connectivity index (χ4n) is 2.92. The van der Waals surface area contributed by atoms with Crippen LogP contribution in [0, 0.1) is 0 Å². The molecule has 0 aromatic heterocycles. The first kappa shape index (κ1) is 18.3. The molecule has 7 nitrogen and oxygen atoms in total. The Morgan fingerprint density at radius 1 is 0.926 bits per heavy atom. The van der Waals surface area contributed by atoms with Crippen LogP contribution in [0.25, 0.3) is 0 Å². The molecule has 1 saturated heterocycles. The van der Waals surface area contributed by atoms with Crippen molar-refractivity contribution in [2.45, 2.75) is 12.5 Å². The van der Waals surface area contributed by atoms with Crippen LogP contribution in [0.3, 0.4) is 0 Å². The standard InChI is InChI=1S/C20H19N3O4/c1-22-18(25)19(26)23(20(22)27)13-17(24)21-16(15-10-6-3-7-11-15)12-14-8-4-2-5-9-14/h2-11,16H,12-13H2,1H3,(H,21,24)/t16-/m0/s1. The van der Waals surface area contributed by atoms with Crippen LogP contribution in [0.5, 0.6) is 0 Å². The van der Waals surface area contributed by atoms with E-state index in [-0.39, 0.29) is 6.04 Å². The lowest BCUT2D eigenvalue weighted by molar-refractivity contribution is -0.143. The monoisotopic (exact) mass is 365 g/mol. The zero-order chi connectivity index (χ0) is 19.4. The third kappa shape index (κ3) is 4.03. The number of nitrogens with one attached hydrogen (secondary N) is 1. The maximum atomic E-state index is 12.5. The van der Waals surface area contributed by atoms with E-state index in [1.54, 1.807) is 0 Å². The van der Waals surface area contributed by atoms with Crippen molar-refractivity contribution < 1.29 is 19.2 Å². The van der Waals surface area contributed by atoms with Gasteiger partial charge in [0, 0.05) is 7.05 Å². The Hall–Kier alpha value is -3.48. The summed E-state index contributed by atoms with van der Waals surface area (Å²) < 4.78 is 0. The smallest absolute Gasteiger partial charge is 0.334 e. The molecule has 2 aromatic carbocycles. The quantitative estimate of drug-likeness (QED) is 0.621. The van der Waals surface area contributed by atoms with Gasteiger partial charge in [0.2, 0.25) is 5.91 Å². The summed E-state index contributed by atoms with van der Waals surface area (Å²) in [5, 5.41) is 2.86. The Morgan fingerprint density at radius 3 is 2.07 bits per heavy atom. The maximum Gasteiger partial charge on any atom is 0.334 e. The Labute approximate surface area is 156 Å². The van der Waals surface area contributed by atoms with Crippen LogP contribution < -0.4 is 5.32 Å². The van der Waals surface area contributed by atoms with Crippen LogP contribution in [-0.4, -0.2) is 47.1 Å². The van der Waals surface area contributed by atoms with Gasteiger partial charge >= 0.3 is 17.8 Å². The molecule has 1 aliphatic heterocycles. The molecule has 0 aliphatic carbocycles. The van der Waals surface area contributed by atoms with Crippen molar-refractivity contribution in [3.05, 3.63) is 71.8 Å². The second-order valence-electron chi connectivity index (χ2n) is 6.26. The van der Waals surface area contributed by atoms with Crippen molar-refractivity contribution in [1.82, 2.24) is 15.1 Å². The molecule has 2 aromatic rings. The van der Waals surface area contributed by atoms with E-state index < -0.39 is 30.3 Å². The van der Waals surface area contributed by atoms with Crippen LogP contribution >= 0.6 is 0 Å². The number of likely N-dealkylation sites (N-methyl/N-ethyl adjacent to an activating group) is 1. The predicted molar refractivity (Wildman–Crippen MR) is 97.4 cm³/mol. The summed E-state index contributed by atoms with van der Waals surface area (Å²) in [5.41, 5.74) is 1.94. The Bertz CT molecular complexity index is 867. The van der Waals surface area contributed by atoms with E-state index in [0.29, 0.717) is 16.2 Å². The predicted octanol–water partition coefficient (Wildman–Crippen LogP) is 1.51. The minimum atomic E-state index is -0.989. The van der Waals surface area contributed by atoms with Gasteiger partial charge in [-0.15, -0.1) is 0 Å². The largest absolute Gasteiger partial charge is 0.347 e. The van der Waals surface area contributed by atoms with Crippen LogP contribution in [0.15, 0.2) is 60.7 Å². The molecule has 1 N–H and O–H groups in total. The average molecular weight is 365 g/mol. The van der Waals surface area contributed by atoms with Gasteiger partial charge in [0.25, 0.3) is 0 Å². The summed E-state index contributed by atoms with van der Waals surface area (Å²) in [5.74, 6) is -2.43. The average Bonchev–Trinajstić information content (AvgIpc) is 2.87. The van der Waals surface area contributed by atoms with E-state index in [1.165, 1.54) is 7.05 Å². The topological polar surface area (TPSA) is 86.8 Å². The van der Waals surface area contributed by atoms with Crippen molar-refractivity contribution in [1.29, 1.82) is 0 Å². The molecule has 0 spiro atoms. The second-order valence-corrected chi connectivity index (χ2v) is 6.26. The third-order valence-electron chi connectivity index (χ3n) is 4.37. The number of amides is 5. The van der Waals surface area contributed by atoms with Crippen LogP contribution in [0.2, 0.25) is 0 Å². The summed E-state index contributed by atoms with van der Waals surface area (Å²) >= 11 is 0. The highest BCUT2D eigenvalue weighted by Crippen LogP contribution is 2.19. The van der Waals surface area contributed by atoms with Crippen LogP contribution in [-0.2, 0) is 20.8 Å².